The fourth-order valence-electron chi connectivity index (χ4n) is 2.30. The first-order valence-corrected chi connectivity index (χ1v) is 6.55. The molecule has 1 aromatic rings. The zero-order valence-corrected chi connectivity index (χ0v) is 11.3. The van der Waals surface area contributed by atoms with Gasteiger partial charge in [-0.15, -0.1) is 0 Å². The second-order valence-electron chi connectivity index (χ2n) is 4.86. The molecule has 1 heterocycles. The minimum atomic E-state index is -0.308. The first kappa shape index (κ1) is 13.8. The lowest BCUT2D eigenvalue weighted by Crippen LogP contribution is -2.35. The average molecular weight is 268 g/mol. The molecule has 7 nitrogen and oxygen atoms in total. The summed E-state index contributed by atoms with van der Waals surface area (Å²) in [5.41, 5.74) is 0. The number of hydrogen-bond donors (Lipinski definition) is 2. The van der Waals surface area contributed by atoms with E-state index in [1.807, 2.05) is 0 Å². The Morgan fingerprint density at radius 3 is 2.74 bits per heavy atom. The Hall–Kier alpha value is -1.63. The quantitative estimate of drug-likeness (QED) is 0.867. The number of nitrogens with zero attached hydrogens (tertiary/aromatic N) is 2. The molecule has 2 N–H and O–H groups in total. The summed E-state index contributed by atoms with van der Waals surface area (Å²) in [4.78, 5) is 15.5. The molecule has 0 saturated heterocycles. The molecule has 2 rings (SSSR count). The van der Waals surface area contributed by atoms with Gasteiger partial charge in [0.2, 0.25) is 0 Å². The molecule has 1 saturated carbocycles. The first-order valence-electron chi connectivity index (χ1n) is 6.55. The molecule has 0 bridgehead atoms. The van der Waals surface area contributed by atoms with Crippen LogP contribution >= 0.6 is 0 Å². The maximum atomic E-state index is 11.6. The van der Waals surface area contributed by atoms with Crippen molar-refractivity contribution in [1.29, 1.82) is 0 Å². The highest BCUT2D eigenvalue weighted by Crippen LogP contribution is 2.25. The van der Waals surface area contributed by atoms with Gasteiger partial charge in [0, 0.05) is 13.7 Å². The van der Waals surface area contributed by atoms with Gasteiger partial charge < -0.3 is 14.6 Å². The number of rotatable bonds is 4. The summed E-state index contributed by atoms with van der Waals surface area (Å²) in [6.07, 6.45) is 4.67. The van der Waals surface area contributed by atoms with Gasteiger partial charge in [0.25, 0.3) is 0 Å². The van der Waals surface area contributed by atoms with Gasteiger partial charge in [0.1, 0.15) is 0 Å². The largest absolute Gasteiger partial charge is 0.381 e. The molecular weight excluding hydrogens is 248 g/mol. The molecule has 0 aromatic carbocycles. The smallest absolute Gasteiger partial charge is 0.329 e. The summed E-state index contributed by atoms with van der Waals surface area (Å²) in [6.45, 7) is 2.36. The van der Waals surface area contributed by atoms with Crippen LogP contribution in [0.1, 0.15) is 31.5 Å². The molecule has 0 aliphatic heterocycles. The third-order valence-corrected chi connectivity index (χ3v) is 3.43. The first-order chi connectivity index (χ1) is 9.17. The van der Waals surface area contributed by atoms with Crippen LogP contribution in [0.2, 0.25) is 0 Å². The minimum Gasteiger partial charge on any atom is -0.381 e. The molecule has 106 valence electrons. The van der Waals surface area contributed by atoms with Crippen molar-refractivity contribution < 1.29 is 14.1 Å². The maximum Gasteiger partial charge on any atom is 0.329 e. The summed E-state index contributed by atoms with van der Waals surface area (Å²) >= 11 is 0. The zero-order valence-electron chi connectivity index (χ0n) is 11.3. The summed E-state index contributed by atoms with van der Waals surface area (Å²) in [5.74, 6) is 1.01. The second kappa shape index (κ2) is 6.51. The molecule has 19 heavy (non-hydrogen) atoms. The van der Waals surface area contributed by atoms with Crippen LogP contribution in [-0.4, -0.2) is 35.9 Å². The SMILES string of the molecule is COC1CCC(CNC(=O)Nc2nc(C)no2)CC1. The normalized spacial score (nSPS) is 23.1. The highest BCUT2D eigenvalue weighted by molar-refractivity contribution is 5.86. The number of aryl methyl sites for hydroxylation is 1. The van der Waals surface area contributed by atoms with E-state index in [9.17, 15) is 4.79 Å². The van der Waals surface area contributed by atoms with Crippen molar-refractivity contribution in [3.8, 4) is 0 Å². The molecule has 1 aliphatic rings. The van der Waals surface area contributed by atoms with Crippen molar-refractivity contribution in [2.24, 2.45) is 5.92 Å². The molecule has 2 amide bonds. The van der Waals surface area contributed by atoms with Crippen molar-refractivity contribution in [2.75, 3.05) is 19.0 Å². The van der Waals surface area contributed by atoms with Gasteiger partial charge in [-0.25, -0.2) is 4.79 Å². The highest BCUT2D eigenvalue weighted by atomic mass is 16.5. The number of aromatic nitrogens is 2. The average Bonchev–Trinajstić information content (AvgIpc) is 2.82. The van der Waals surface area contributed by atoms with Crippen LogP contribution in [-0.2, 0) is 4.74 Å². The van der Waals surface area contributed by atoms with Crippen molar-refractivity contribution in [3.63, 3.8) is 0 Å². The Kier molecular flexibility index (Phi) is 4.73. The number of ether oxygens (including phenoxy) is 1. The van der Waals surface area contributed by atoms with E-state index in [1.165, 1.54) is 0 Å². The van der Waals surface area contributed by atoms with E-state index in [2.05, 4.69) is 20.8 Å². The molecule has 1 aliphatic carbocycles. The van der Waals surface area contributed by atoms with Crippen molar-refractivity contribution in [1.82, 2.24) is 15.5 Å². The number of nitrogens with one attached hydrogen (secondary N) is 2. The van der Waals surface area contributed by atoms with Crippen LogP contribution in [0, 0.1) is 12.8 Å². The lowest BCUT2D eigenvalue weighted by atomic mass is 9.87. The van der Waals surface area contributed by atoms with Crippen molar-refractivity contribution in [3.05, 3.63) is 5.82 Å². The number of carbonyl (C=O) groups is 1. The van der Waals surface area contributed by atoms with E-state index >= 15 is 0 Å². The molecule has 1 fully saturated rings. The second-order valence-corrected chi connectivity index (χ2v) is 4.86. The monoisotopic (exact) mass is 268 g/mol. The Bertz CT molecular complexity index is 413. The van der Waals surface area contributed by atoms with Crippen LogP contribution in [0.5, 0.6) is 0 Å². The molecule has 0 unspecified atom stereocenters. The summed E-state index contributed by atoms with van der Waals surface area (Å²) in [5, 5.41) is 8.93. The number of carbonyl (C=O) groups excluding carboxylic acids is 1. The van der Waals surface area contributed by atoms with Crippen LogP contribution in [0.15, 0.2) is 4.52 Å². The topological polar surface area (TPSA) is 89.3 Å². The van der Waals surface area contributed by atoms with Crippen molar-refractivity contribution in [2.45, 2.75) is 38.7 Å². The molecule has 1 aromatic heterocycles. The number of urea groups is 1. The van der Waals surface area contributed by atoms with Gasteiger partial charge >= 0.3 is 12.0 Å². The fraction of sp³-hybridized carbons (Fsp3) is 0.750. The summed E-state index contributed by atoms with van der Waals surface area (Å²) < 4.78 is 10.1. The lowest BCUT2D eigenvalue weighted by molar-refractivity contribution is 0.0572. The van der Waals surface area contributed by atoms with E-state index in [0.717, 1.165) is 25.7 Å². The van der Waals surface area contributed by atoms with Gasteiger partial charge in [-0.1, -0.05) is 5.16 Å². The van der Waals surface area contributed by atoms with Gasteiger partial charge in [-0.05, 0) is 38.5 Å². The molecular formula is C12H20N4O3. The third-order valence-electron chi connectivity index (χ3n) is 3.43. The number of hydrogen-bond acceptors (Lipinski definition) is 5. The lowest BCUT2D eigenvalue weighted by Gasteiger charge is -2.27. The Morgan fingerprint density at radius 1 is 1.42 bits per heavy atom. The van der Waals surface area contributed by atoms with Gasteiger partial charge in [0.15, 0.2) is 5.82 Å². The predicted molar refractivity (Wildman–Crippen MR) is 68.8 cm³/mol. The van der Waals surface area contributed by atoms with Gasteiger partial charge in [-0.3, -0.25) is 5.32 Å². The van der Waals surface area contributed by atoms with Gasteiger partial charge in [0.05, 0.1) is 6.10 Å². The van der Waals surface area contributed by atoms with E-state index in [0.29, 0.717) is 24.4 Å². The van der Waals surface area contributed by atoms with E-state index in [1.54, 1.807) is 14.0 Å². The van der Waals surface area contributed by atoms with Crippen LogP contribution in [0.25, 0.3) is 0 Å². The summed E-state index contributed by atoms with van der Waals surface area (Å²) in [7, 11) is 1.75. The number of anilines is 1. The van der Waals surface area contributed by atoms with E-state index in [4.69, 9.17) is 9.26 Å². The molecule has 0 radical (unpaired) electrons. The molecule has 0 atom stereocenters. The Morgan fingerprint density at radius 2 is 2.16 bits per heavy atom. The molecule has 0 spiro atoms. The minimum absolute atomic E-state index is 0.123. The number of amides is 2. The zero-order chi connectivity index (χ0) is 13.7. The van der Waals surface area contributed by atoms with E-state index in [-0.39, 0.29) is 12.0 Å². The third kappa shape index (κ3) is 4.20. The Balaban J connectivity index is 1.67. The number of methoxy groups -OCH3 is 1. The standard InChI is InChI=1S/C12H20N4O3/c1-8-14-12(19-16-8)15-11(17)13-7-9-3-5-10(18-2)6-4-9/h9-10H,3-7H2,1-2H3,(H2,13,14,15,16,17). The van der Waals surface area contributed by atoms with E-state index < -0.39 is 0 Å². The maximum absolute atomic E-state index is 11.6. The molecule has 7 heteroatoms. The van der Waals surface area contributed by atoms with Crippen LogP contribution in [0.4, 0.5) is 10.8 Å². The van der Waals surface area contributed by atoms with Crippen LogP contribution < -0.4 is 10.6 Å². The van der Waals surface area contributed by atoms with Gasteiger partial charge in [-0.2, -0.15) is 4.98 Å². The Labute approximate surface area is 112 Å². The van der Waals surface area contributed by atoms with Crippen molar-refractivity contribution >= 4 is 12.0 Å². The van der Waals surface area contributed by atoms with Crippen LogP contribution in [0.3, 0.4) is 0 Å². The summed E-state index contributed by atoms with van der Waals surface area (Å²) in [6, 6.07) is -0.185. The predicted octanol–water partition coefficient (Wildman–Crippen LogP) is 1.70. The highest BCUT2D eigenvalue weighted by Gasteiger charge is 2.21. The fourth-order valence-corrected chi connectivity index (χ4v) is 2.30.